The quantitative estimate of drug-likeness (QED) is 0.759. The lowest BCUT2D eigenvalue weighted by molar-refractivity contribution is 0.569. The summed E-state index contributed by atoms with van der Waals surface area (Å²) in [4.78, 5) is 27.3. The van der Waals surface area contributed by atoms with Gasteiger partial charge < -0.3 is 9.80 Å². The first kappa shape index (κ1) is 15.3. The van der Waals surface area contributed by atoms with E-state index < -0.39 is 11.4 Å². The molecule has 2 fully saturated rings. The summed E-state index contributed by atoms with van der Waals surface area (Å²) in [6.45, 7) is 2.85. The van der Waals surface area contributed by atoms with Crippen molar-refractivity contribution in [3.05, 3.63) is 46.4 Å². The van der Waals surface area contributed by atoms with E-state index in [-0.39, 0.29) is 5.92 Å². The van der Waals surface area contributed by atoms with Crippen molar-refractivity contribution in [1.82, 2.24) is 24.6 Å². The first-order chi connectivity index (χ1) is 12.7. The van der Waals surface area contributed by atoms with Crippen molar-refractivity contribution in [3.63, 3.8) is 0 Å². The maximum absolute atomic E-state index is 14.0. The maximum Gasteiger partial charge on any atom is 0.288 e. The molecule has 1 saturated carbocycles. The molecule has 3 aromatic heterocycles. The van der Waals surface area contributed by atoms with Gasteiger partial charge in [-0.15, -0.1) is 5.10 Å². The zero-order valence-corrected chi connectivity index (χ0v) is 14.1. The number of hydrogen-bond donors (Lipinski definition) is 1. The van der Waals surface area contributed by atoms with Gasteiger partial charge in [-0.3, -0.25) is 9.78 Å². The average molecular weight is 355 g/mol. The van der Waals surface area contributed by atoms with Gasteiger partial charge in [-0.1, -0.05) is 0 Å². The Morgan fingerprint density at radius 3 is 2.65 bits per heavy atom. The largest absolute Gasteiger partial charge is 0.352 e. The molecule has 9 heteroatoms. The normalized spacial score (nSPS) is 17.9. The van der Waals surface area contributed by atoms with Crippen LogP contribution in [0.5, 0.6) is 0 Å². The van der Waals surface area contributed by atoms with Gasteiger partial charge in [0.15, 0.2) is 5.65 Å². The van der Waals surface area contributed by atoms with E-state index in [0.29, 0.717) is 24.7 Å². The third-order valence-corrected chi connectivity index (χ3v) is 4.98. The highest BCUT2D eigenvalue weighted by Gasteiger charge is 2.31. The Bertz CT molecular complexity index is 1020. The van der Waals surface area contributed by atoms with Crippen LogP contribution in [0.4, 0.5) is 16.2 Å². The van der Waals surface area contributed by atoms with Gasteiger partial charge in [0.2, 0.25) is 11.8 Å². The highest BCUT2D eigenvalue weighted by atomic mass is 19.1. The molecule has 1 aliphatic carbocycles. The number of piperazine rings is 1. The molecule has 0 unspecified atom stereocenters. The van der Waals surface area contributed by atoms with Crippen LogP contribution in [0.1, 0.15) is 24.5 Å². The molecule has 8 nitrogen and oxygen atoms in total. The minimum Gasteiger partial charge on any atom is -0.352 e. The summed E-state index contributed by atoms with van der Waals surface area (Å²) in [7, 11) is 0. The van der Waals surface area contributed by atoms with Gasteiger partial charge >= 0.3 is 0 Å². The highest BCUT2D eigenvalue weighted by Crippen LogP contribution is 2.39. The van der Waals surface area contributed by atoms with Gasteiger partial charge in [0.05, 0.1) is 5.69 Å². The molecule has 1 saturated heterocycles. The van der Waals surface area contributed by atoms with Crippen LogP contribution in [0.15, 0.2) is 29.3 Å². The Balaban J connectivity index is 1.34. The molecule has 5 rings (SSSR count). The number of nitrogens with one attached hydrogen (secondary N) is 1. The van der Waals surface area contributed by atoms with Crippen LogP contribution in [0.2, 0.25) is 0 Å². The van der Waals surface area contributed by atoms with Crippen molar-refractivity contribution < 1.29 is 4.39 Å². The lowest BCUT2D eigenvalue weighted by Crippen LogP contribution is -2.48. The molecule has 134 valence electrons. The first-order valence-electron chi connectivity index (χ1n) is 8.79. The van der Waals surface area contributed by atoms with Crippen LogP contribution in [-0.2, 0) is 0 Å². The highest BCUT2D eigenvalue weighted by molar-refractivity contribution is 5.47. The zero-order chi connectivity index (χ0) is 17.7. The van der Waals surface area contributed by atoms with Gasteiger partial charge in [0, 0.05) is 44.5 Å². The SMILES string of the molecule is O=c1[nH]c(N2CCN(c3ccc4nccn4n3)CC2)nc(C2CC2)c1F. The van der Waals surface area contributed by atoms with E-state index in [2.05, 4.69) is 25.0 Å². The summed E-state index contributed by atoms with van der Waals surface area (Å²) >= 11 is 0. The van der Waals surface area contributed by atoms with Gasteiger partial charge in [0.1, 0.15) is 5.82 Å². The molecule has 26 heavy (non-hydrogen) atoms. The van der Waals surface area contributed by atoms with Crippen LogP contribution in [0, 0.1) is 5.82 Å². The van der Waals surface area contributed by atoms with Gasteiger partial charge in [-0.05, 0) is 25.0 Å². The van der Waals surface area contributed by atoms with E-state index in [0.717, 1.165) is 37.4 Å². The van der Waals surface area contributed by atoms with E-state index in [1.165, 1.54) is 0 Å². The molecule has 0 aromatic carbocycles. The number of halogens is 1. The van der Waals surface area contributed by atoms with Gasteiger partial charge in [-0.25, -0.2) is 14.5 Å². The third-order valence-electron chi connectivity index (χ3n) is 4.98. The fourth-order valence-corrected chi connectivity index (χ4v) is 3.36. The smallest absolute Gasteiger partial charge is 0.288 e. The number of hydrogen-bond acceptors (Lipinski definition) is 6. The molecule has 0 atom stereocenters. The number of aromatic nitrogens is 5. The molecule has 0 bridgehead atoms. The van der Waals surface area contributed by atoms with Crippen molar-refractivity contribution in [2.75, 3.05) is 36.0 Å². The number of rotatable bonds is 3. The summed E-state index contributed by atoms with van der Waals surface area (Å²) in [5, 5.41) is 4.57. The summed E-state index contributed by atoms with van der Waals surface area (Å²) < 4.78 is 15.7. The Kier molecular flexibility index (Phi) is 3.41. The Morgan fingerprint density at radius 2 is 1.88 bits per heavy atom. The summed E-state index contributed by atoms with van der Waals surface area (Å²) in [5.41, 5.74) is 0.457. The molecule has 2 aliphatic rings. The van der Waals surface area contributed by atoms with E-state index in [4.69, 9.17) is 0 Å². The molecule has 1 N–H and O–H groups in total. The maximum atomic E-state index is 14.0. The minimum atomic E-state index is -0.729. The second-order valence-corrected chi connectivity index (χ2v) is 6.76. The van der Waals surface area contributed by atoms with E-state index in [9.17, 15) is 9.18 Å². The number of nitrogens with zero attached hydrogens (tertiary/aromatic N) is 6. The second-order valence-electron chi connectivity index (χ2n) is 6.76. The van der Waals surface area contributed by atoms with Gasteiger partial charge in [-0.2, -0.15) is 4.39 Å². The lowest BCUT2D eigenvalue weighted by Gasteiger charge is -2.35. The van der Waals surface area contributed by atoms with E-state index >= 15 is 0 Å². The van der Waals surface area contributed by atoms with Crippen LogP contribution < -0.4 is 15.4 Å². The fraction of sp³-hybridized carbons (Fsp3) is 0.412. The first-order valence-corrected chi connectivity index (χ1v) is 8.79. The van der Waals surface area contributed by atoms with E-state index in [1.54, 1.807) is 10.7 Å². The summed E-state index contributed by atoms with van der Waals surface area (Å²) in [6, 6.07) is 3.90. The average Bonchev–Trinajstić information content (AvgIpc) is 3.40. The topological polar surface area (TPSA) is 82.4 Å². The number of H-pyrrole nitrogens is 1. The molecule has 0 radical (unpaired) electrons. The number of fused-ring (bicyclic) bond motifs is 1. The zero-order valence-electron chi connectivity index (χ0n) is 14.1. The van der Waals surface area contributed by atoms with Crippen LogP contribution in [0.3, 0.4) is 0 Å². The molecular weight excluding hydrogens is 337 g/mol. The third kappa shape index (κ3) is 2.59. The number of imidazole rings is 1. The predicted octanol–water partition coefficient (Wildman–Crippen LogP) is 1.16. The Morgan fingerprint density at radius 1 is 1.12 bits per heavy atom. The summed E-state index contributed by atoms with van der Waals surface area (Å²) in [6.07, 6.45) is 5.35. The van der Waals surface area contributed by atoms with Crippen LogP contribution in [0.25, 0.3) is 5.65 Å². The number of aromatic amines is 1. The summed E-state index contributed by atoms with van der Waals surface area (Å²) in [5.74, 6) is 0.724. The molecule has 0 amide bonds. The van der Waals surface area contributed by atoms with E-state index in [1.807, 2.05) is 23.2 Å². The van der Waals surface area contributed by atoms with Crippen molar-refractivity contribution in [3.8, 4) is 0 Å². The van der Waals surface area contributed by atoms with Crippen LogP contribution >= 0.6 is 0 Å². The van der Waals surface area contributed by atoms with Crippen molar-refractivity contribution in [1.29, 1.82) is 0 Å². The van der Waals surface area contributed by atoms with Crippen LogP contribution in [-0.4, -0.2) is 50.7 Å². The molecular formula is C17H18FN7O. The fourth-order valence-electron chi connectivity index (χ4n) is 3.36. The Labute approximate surface area is 148 Å². The second kappa shape index (κ2) is 5.79. The predicted molar refractivity (Wildman–Crippen MR) is 94.2 cm³/mol. The molecule has 0 spiro atoms. The molecule has 1 aliphatic heterocycles. The molecule has 3 aromatic rings. The van der Waals surface area contributed by atoms with Crippen molar-refractivity contribution in [2.24, 2.45) is 0 Å². The Hall–Kier alpha value is -2.97. The lowest BCUT2D eigenvalue weighted by atomic mass is 10.2. The van der Waals surface area contributed by atoms with Crippen molar-refractivity contribution in [2.45, 2.75) is 18.8 Å². The minimum absolute atomic E-state index is 0.100. The monoisotopic (exact) mass is 355 g/mol. The number of anilines is 2. The molecule has 4 heterocycles. The van der Waals surface area contributed by atoms with Gasteiger partial charge in [0.25, 0.3) is 5.56 Å². The standard InChI is InChI=1S/C17H18FN7O/c18-14-15(11-1-2-11)20-17(21-16(14)26)24-9-7-23(8-10-24)13-4-3-12-19-5-6-25(12)22-13/h3-6,11H,1-2,7-10H2,(H,20,21,26). The van der Waals surface area contributed by atoms with Crippen molar-refractivity contribution >= 4 is 17.4 Å².